The molecule has 0 radical (unpaired) electrons. The van der Waals surface area contributed by atoms with E-state index in [4.69, 9.17) is 0 Å². The molecule has 124 valence electrons. The van der Waals surface area contributed by atoms with E-state index in [1.165, 1.54) is 0 Å². The summed E-state index contributed by atoms with van der Waals surface area (Å²) < 4.78 is 0. The van der Waals surface area contributed by atoms with Crippen LogP contribution >= 0.6 is 0 Å². The van der Waals surface area contributed by atoms with Crippen molar-refractivity contribution in [3.63, 3.8) is 0 Å². The van der Waals surface area contributed by atoms with Crippen LogP contribution in [0.4, 0.5) is 0 Å². The first kappa shape index (κ1) is 14.6. The third-order valence-electron chi connectivity index (χ3n) is 4.50. The summed E-state index contributed by atoms with van der Waals surface area (Å²) in [4.78, 5) is 28.0. The lowest BCUT2D eigenvalue weighted by Crippen LogP contribution is -2.00. The predicted octanol–water partition coefficient (Wildman–Crippen LogP) is 4.34. The van der Waals surface area contributed by atoms with Crippen LogP contribution in [0.1, 0.15) is 15.9 Å². The second-order valence-electron chi connectivity index (χ2n) is 6.12. The molecule has 0 aliphatic rings. The Labute approximate surface area is 148 Å². The van der Waals surface area contributed by atoms with Crippen LogP contribution in [0, 0.1) is 0 Å². The lowest BCUT2D eigenvalue weighted by molar-refractivity contribution is 0.103. The van der Waals surface area contributed by atoms with Crippen molar-refractivity contribution in [2.45, 2.75) is 0 Å². The number of rotatable bonds is 3. The molecule has 0 aliphatic carbocycles. The standard InChI is InChI=1S/C21H14N4O/c26-19(13-4-2-1-3-5-13)14-6-8-15(9-7-14)20-24-17-12-23-21-16(10-11-22-21)18(17)25-20/h1-12H,(H,22,23)(H,24,25). The molecule has 0 spiro atoms. The Balaban J connectivity index is 1.53. The first-order valence-electron chi connectivity index (χ1n) is 8.31. The number of H-pyrrole nitrogens is 2. The van der Waals surface area contributed by atoms with Crippen molar-refractivity contribution >= 4 is 27.9 Å². The average Bonchev–Trinajstić information content (AvgIpc) is 3.34. The molecule has 2 aromatic carbocycles. The van der Waals surface area contributed by atoms with Crippen LogP contribution in [0.2, 0.25) is 0 Å². The molecular formula is C21H14N4O. The number of nitrogens with zero attached hydrogens (tertiary/aromatic N) is 2. The quantitative estimate of drug-likeness (QED) is 0.481. The van der Waals surface area contributed by atoms with Gasteiger partial charge in [-0.25, -0.2) is 9.97 Å². The van der Waals surface area contributed by atoms with Gasteiger partial charge in [0.05, 0.1) is 11.7 Å². The van der Waals surface area contributed by atoms with Gasteiger partial charge in [-0.05, 0) is 6.07 Å². The van der Waals surface area contributed by atoms with E-state index in [1.807, 2.05) is 66.9 Å². The van der Waals surface area contributed by atoms with E-state index >= 15 is 0 Å². The molecule has 5 nitrogen and oxygen atoms in total. The Morgan fingerprint density at radius 2 is 1.65 bits per heavy atom. The van der Waals surface area contributed by atoms with Crippen molar-refractivity contribution in [1.29, 1.82) is 0 Å². The van der Waals surface area contributed by atoms with Gasteiger partial charge in [0.25, 0.3) is 0 Å². The molecule has 3 heterocycles. The lowest BCUT2D eigenvalue weighted by Gasteiger charge is -2.02. The number of aromatic amines is 2. The maximum absolute atomic E-state index is 12.5. The summed E-state index contributed by atoms with van der Waals surface area (Å²) in [6.45, 7) is 0. The molecule has 5 rings (SSSR count). The molecule has 0 aliphatic heterocycles. The van der Waals surface area contributed by atoms with Crippen LogP contribution in [0.5, 0.6) is 0 Å². The number of fused-ring (bicyclic) bond motifs is 3. The van der Waals surface area contributed by atoms with Gasteiger partial charge < -0.3 is 9.97 Å². The van der Waals surface area contributed by atoms with Crippen molar-refractivity contribution in [3.05, 3.63) is 84.2 Å². The largest absolute Gasteiger partial charge is 0.346 e. The van der Waals surface area contributed by atoms with E-state index in [-0.39, 0.29) is 5.78 Å². The van der Waals surface area contributed by atoms with Crippen LogP contribution < -0.4 is 0 Å². The van der Waals surface area contributed by atoms with Gasteiger partial charge in [-0.3, -0.25) is 4.79 Å². The Morgan fingerprint density at radius 1 is 0.885 bits per heavy atom. The first-order chi connectivity index (χ1) is 12.8. The number of carbonyl (C=O) groups excluding carboxylic acids is 1. The molecule has 3 aromatic heterocycles. The summed E-state index contributed by atoms with van der Waals surface area (Å²) in [5.74, 6) is 0.772. The topological polar surface area (TPSA) is 74.4 Å². The SMILES string of the molecule is O=C(c1ccccc1)c1ccc(-c2nc3cnc4[nH]ccc4c3[nH]2)cc1. The highest BCUT2D eigenvalue weighted by Gasteiger charge is 2.12. The average molecular weight is 338 g/mol. The molecule has 2 N–H and O–H groups in total. The van der Waals surface area contributed by atoms with Crippen molar-refractivity contribution in [2.24, 2.45) is 0 Å². The summed E-state index contributed by atoms with van der Waals surface area (Å²) in [5.41, 5.74) is 4.87. The molecular weight excluding hydrogens is 324 g/mol. The molecule has 0 unspecified atom stereocenters. The number of nitrogens with one attached hydrogen (secondary N) is 2. The zero-order valence-electron chi connectivity index (χ0n) is 13.7. The summed E-state index contributed by atoms with van der Waals surface area (Å²) >= 11 is 0. The lowest BCUT2D eigenvalue weighted by atomic mass is 10.0. The highest BCUT2D eigenvalue weighted by molar-refractivity contribution is 6.09. The highest BCUT2D eigenvalue weighted by atomic mass is 16.1. The fourth-order valence-electron chi connectivity index (χ4n) is 3.15. The van der Waals surface area contributed by atoms with Crippen molar-refractivity contribution < 1.29 is 4.79 Å². The fraction of sp³-hybridized carbons (Fsp3) is 0. The van der Waals surface area contributed by atoms with Gasteiger partial charge in [0.2, 0.25) is 0 Å². The second-order valence-corrected chi connectivity index (χ2v) is 6.12. The molecule has 0 saturated heterocycles. The Hall–Kier alpha value is -3.73. The number of ketones is 1. The molecule has 5 aromatic rings. The molecule has 5 heteroatoms. The van der Waals surface area contributed by atoms with Crippen LogP contribution in [0.3, 0.4) is 0 Å². The maximum Gasteiger partial charge on any atom is 0.193 e. The molecule has 0 saturated carbocycles. The Kier molecular flexibility index (Phi) is 3.18. The summed E-state index contributed by atoms with van der Waals surface area (Å²) in [6.07, 6.45) is 3.61. The minimum Gasteiger partial charge on any atom is -0.346 e. The van der Waals surface area contributed by atoms with Gasteiger partial charge in [-0.1, -0.05) is 54.6 Å². The van der Waals surface area contributed by atoms with E-state index < -0.39 is 0 Å². The molecule has 0 bridgehead atoms. The maximum atomic E-state index is 12.5. The minimum atomic E-state index is 0.0139. The van der Waals surface area contributed by atoms with Gasteiger partial charge in [-0.2, -0.15) is 0 Å². The molecule has 0 atom stereocenters. The summed E-state index contributed by atoms with van der Waals surface area (Å²) in [6, 6.07) is 18.8. The highest BCUT2D eigenvalue weighted by Crippen LogP contribution is 2.25. The number of pyridine rings is 1. The first-order valence-corrected chi connectivity index (χ1v) is 8.31. The van der Waals surface area contributed by atoms with Gasteiger partial charge in [0, 0.05) is 28.3 Å². The Morgan fingerprint density at radius 3 is 2.46 bits per heavy atom. The third kappa shape index (κ3) is 2.29. The minimum absolute atomic E-state index is 0.0139. The second kappa shape index (κ2) is 5.67. The molecule has 0 fully saturated rings. The summed E-state index contributed by atoms with van der Waals surface area (Å²) in [5, 5.41) is 1.01. The zero-order valence-corrected chi connectivity index (χ0v) is 13.7. The summed E-state index contributed by atoms with van der Waals surface area (Å²) in [7, 11) is 0. The van der Waals surface area contributed by atoms with Gasteiger partial charge >= 0.3 is 0 Å². The van der Waals surface area contributed by atoms with Crippen LogP contribution in [-0.2, 0) is 0 Å². The normalized spacial score (nSPS) is 11.2. The third-order valence-corrected chi connectivity index (χ3v) is 4.50. The van der Waals surface area contributed by atoms with Crippen molar-refractivity contribution in [2.75, 3.05) is 0 Å². The zero-order chi connectivity index (χ0) is 17.5. The van der Waals surface area contributed by atoms with Gasteiger partial charge in [-0.15, -0.1) is 0 Å². The molecule has 26 heavy (non-hydrogen) atoms. The Bertz CT molecular complexity index is 1230. The smallest absolute Gasteiger partial charge is 0.193 e. The van der Waals surface area contributed by atoms with Gasteiger partial charge in [0.1, 0.15) is 17.0 Å². The van der Waals surface area contributed by atoms with Crippen LogP contribution in [-0.4, -0.2) is 25.7 Å². The number of imidazole rings is 1. The number of aromatic nitrogens is 4. The number of hydrogen-bond acceptors (Lipinski definition) is 3. The monoisotopic (exact) mass is 338 g/mol. The van der Waals surface area contributed by atoms with Gasteiger partial charge in [0.15, 0.2) is 5.78 Å². The van der Waals surface area contributed by atoms with Crippen molar-refractivity contribution in [3.8, 4) is 11.4 Å². The van der Waals surface area contributed by atoms with Crippen LogP contribution in [0.15, 0.2) is 73.1 Å². The molecule has 0 amide bonds. The number of carbonyl (C=O) groups is 1. The van der Waals surface area contributed by atoms with E-state index in [1.54, 1.807) is 6.20 Å². The fourth-order valence-corrected chi connectivity index (χ4v) is 3.15. The number of benzene rings is 2. The predicted molar refractivity (Wildman–Crippen MR) is 101 cm³/mol. The van der Waals surface area contributed by atoms with E-state index in [0.29, 0.717) is 11.1 Å². The van der Waals surface area contributed by atoms with E-state index in [9.17, 15) is 4.79 Å². The van der Waals surface area contributed by atoms with Crippen LogP contribution in [0.25, 0.3) is 33.5 Å². The van der Waals surface area contributed by atoms with E-state index in [2.05, 4.69) is 19.9 Å². The number of hydrogen-bond donors (Lipinski definition) is 2. The van der Waals surface area contributed by atoms with E-state index in [0.717, 1.165) is 33.5 Å². The van der Waals surface area contributed by atoms with Crippen molar-refractivity contribution in [1.82, 2.24) is 19.9 Å².